The van der Waals surface area contributed by atoms with Crippen molar-refractivity contribution in [3.8, 4) is 0 Å². The van der Waals surface area contributed by atoms with Crippen molar-refractivity contribution in [2.45, 2.75) is 45.6 Å². The monoisotopic (exact) mass is 333 g/mol. The molecule has 0 fully saturated rings. The fourth-order valence-corrected chi connectivity index (χ4v) is 2.96. The Kier molecular flexibility index (Phi) is 6.94. The molecule has 0 aliphatic carbocycles. The highest BCUT2D eigenvalue weighted by molar-refractivity contribution is 9.10. The van der Waals surface area contributed by atoms with Crippen LogP contribution in [0.5, 0.6) is 0 Å². The van der Waals surface area contributed by atoms with Gasteiger partial charge in [0.15, 0.2) is 0 Å². The van der Waals surface area contributed by atoms with E-state index in [1.54, 1.807) is 0 Å². The van der Waals surface area contributed by atoms with Gasteiger partial charge in [-0.3, -0.25) is 0 Å². The minimum atomic E-state index is -0.414. The Morgan fingerprint density at radius 1 is 1.11 bits per heavy atom. The van der Waals surface area contributed by atoms with Gasteiger partial charge in [-0.15, -0.1) is 0 Å². The highest BCUT2D eigenvalue weighted by Crippen LogP contribution is 2.33. The van der Waals surface area contributed by atoms with Crippen LogP contribution in [0.1, 0.15) is 51.1 Å². The Morgan fingerprint density at radius 3 is 2.16 bits per heavy atom. The second-order valence-electron chi connectivity index (χ2n) is 4.89. The zero-order valence-electron chi connectivity index (χ0n) is 11.8. The van der Waals surface area contributed by atoms with E-state index in [9.17, 15) is 8.78 Å². The minimum Gasteiger partial charge on any atom is -0.313 e. The summed E-state index contributed by atoms with van der Waals surface area (Å²) in [6.07, 6.45) is 4.11. The van der Waals surface area contributed by atoms with Gasteiger partial charge in [0, 0.05) is 11.6 Å². The van der Waals surface area contributed by atoms with Crippen molar-refractivity contribution in [2.75, 3.05) is 7.05 Å². The van der Waals surface area contributed by atoms with Crippen molar-refractivity contribution in [3.05, 3.63) is 33.8 Å². The van der Waals surface area contributed by atoms with E-state index >= 15 is 0 Å². The standard InChI is InChI=1S/C15H22BrF2N/c1-4-6-10(7-5-2)15(19-3)11-8-14(18)12(16)9-13(11)17/h8-10,15,19H,4-7H2,1-3H3. The van der Waals surface area contributed by atoms with Gasteiger partial charge >= 0.3 is 0 Å². The maximum atomic E-state index is 14.1. The van der Waals surface area contributed by atoms with Crippen LogP contribution in [0.15, 0.2) is 16.6 Å². The summed E-state index contributed by atoms with van der Waals surface area (Å²) in [5, 5.41) is 3.15. The van der Waals surface area contributed by atoms with Gasteiger partial charge < -0.3 is 5.32 Å². The first kappa shape index (κ1) is 16.6. The zero-order chi connectivity index (χ0) is 14.4. The van der Waals surface area contributed by atoms with Gasteiger partial charge in [-0.1, -0.05) is 26.7 Å². The molecule has 1 unspecified atom stereocenters. The van der Waals surface area contributed by atoms with Crippen LogP contribution in [-0.4, -0.2) is 7.05 Å². The maximum Gasteiger partial charge on any atom is 0.137 e. The highest BCUT2D eigenvalue weighted by atomic mass is 79.9. The fraction of sp³-hybridized carbons (Fsp3) is 0.600. The second-order valence-corrected chi connectivity index (χ2v) is 5.75. The van der Waals surface area contributed by atoms with Crippen LogP contribution < -0.4 is 5.32 Å². The molecule has 1 aromatic rings. The molecular formula is C15H22BrF2N. The molecule has 0 bridgehead atoms. The predicted octanol–water partition coefficient (Wildman–Crippen LogP) is 5.20. The molecule has 19 heavy (non-hydrogen) atoms. The summed E-state index contributed by atoms with van der Waals surface area (Å²) < 4.78 is 27.9. The molecule has 0 saturated carbocycles. The summed E-state index contributed by atoms with van der Waals surface area (Å²) in [7, 11) is 1.81. The molecule has 0 radical (unpaired) electrons. The number of hydrogen-bond donors (Lipinski definition) is 1. The minimum absolute atomic E-state index is 0.137. The first-order chi connectivity index (χ1) is 9.04. The average molecular weight is 334 g/mol. The molecule has 0 aliphatic heterocycles. The van der Waals surface area contributed by atoms with Crippen molar-refractivity contribution < 1.29 is 8.78 Å². The van der Waals surface area contributed by atoms with Crippen molar-refractivity contribution in [3.63, 3.8) is 0 Å². The third-order valence-electron chi connectivity index (χ3n) is 3.48. The van der Waals surface area contributed by atoms with Crippen molar-refractivity contribution >= 4 is 15.9 Å². The molecule has 108 valence electrons. The molecule has 1 aromatic carbocycles. The lowest BCUT2D eigenvalue weighted by molar-refractivity contribution is 0.322. The molecule has 1 atom stereocenters. The lowest BCUT2D eigenvalue weighted by atomic mass is 9.86. The average Bonchev–Trinajstić information content (AvgIpc) is 2.37. The third kappa shape index (κ3) is 4.25. The van der Waals surface area contributed by atoms with Crippen LogP contribution in [0, 0.1) is 17.6 Å². The van der Waals surface area contributed by atoms with Crippen LogP contribution >= 0.6 is 15.9 Å². The molecular weight excluding hydrogens is 312 g/mol. The van der Waals surface area contributed by atoms with Gasteiger partial charge in [-0.2, -0.15) is 0 Å². The summed E-state index contributed by atoms with van der Waals surface area (Å²) >= 11 is 3.01. The Bertz CT molecular complexity index is 403. The Morgan fingerprint density at radius 2 is 1.68 bits per heavy atom. The topological polar surface area (TPSA) is 12.0 Å². The van der Waals surface area contributed by atoms with E-state index in [1.807, 2.05) is 7.05 Å². The predicted molar refractivity (Wildman–Crippen MR) is 79.2 cm³/mol. The SMILES string of the molecule is CCCC(CCC)C(NC)c1cc(F)c(Br)cc1F. The summed E-state index contributed by atoms with van der Waals surface area (Å²) in [6.45, 7) is 4.24. The van der Waals surface area contributed by atoms with Gasteiger partial charge in [0.2, 0.25) is 0 Å². The van der Waals surface area contributed by atoms with Crippen molar-refractivity contribution in [2.24, 2.45) is 5.92 Å². The van der Waals surface area contributed by atoms with Gasteiger partial charge in [-0.25, -0.2) is 8.78 Å². The second kappa shape index (κ2) is 7.95. The normalized spacial score (nSPS) is 13.0. The van der Waals surface area contributed by atoms with E-state index in [0.717, 1.165) is 25.7 Å². The molecule has 1 N–H and O–H groups in total. The van der Waals surface area contributed by atoms with Crippen LogP contribution in [-0.2, 0) is 0 Å². The van der Waals surface area contributed by atoms with Crippen LogP contribution in [0.25, 0.3) is 0 Å². The van der Waals surface area contributed by atoms with Crippen LogP contribution in [0.2, 0.25) is 0 Å². The largest absolute Gasteiger partial charge is 0.313 e. The molecule has 0 amide bonds. The molecule has 1 nitrogen and oxygen atoms in total. The smallest absolute Gasteiger partial charge is 0.137 e. The maximum absolute atomic E-state index is 14.1. The third-order valence-corrected chi connectivity index (χ3v) is 4.08. The molecule has 0 spiro atoms. The Labute approximate surface area is 122 Å². The number of rotatable bonds is 7. The van der Waals surface area contributed by atoms with Gasteiger partial charge in [0.1, 0.15) is 11.6 Å². The fourth-order valence-electron chi connectivity index (χ4n) is 2.64. The molecule has 0 aliphatic rings. The first-order valence-corrected chi connectivity index (χ1v) is 7.66. The highest BCUT2D eigenvalue weighted by Gasteiger charge is 2.24. The number of nitrogens with one attached hydrogen (secondary N) is 1. The Hall–Kier alpha value is -0.480. The molecule has 0 heterocycles. The van der Waals surface area contributed by atoms with E-state index in [2.05, 4.69) is 35.1 Å². The summed E-state index contributed by atoms with van der Waals surface area (Å²) in [6, 6.07) is 2.38. The van der Waals surface area contributed by atoms with Gasteiger partial charge in [0.25, 0.3) is 0 Å². The van der Waals surface area contributed by atoms with Crippen molar-refractivity contribution in [1.29, 1.82) is 0 Å². The molecule has 0 aromatic heterocycles. The van der Waals surface area contributed by atoms with E-state index in [-0.39, 0.29) is 16.3 Å². The Balaban J connectivity index is 3.10. The van der Waals surface area contributed by atoms with Gasteiger partial charge in [-0.05, 0) is 53.9 Å². The quantitative estimate of drug-likeness (QED) is 0.676. The summed E-state index contributed by atoms with van der Waals surface area (Å²) in [4.78, 5) is 0. The van der Waals surface area contributed by atoms with Crippen LogP contribution in [0.4, 0.5) is 8.78 Å². The summed E-state index contributed by atoms with van der Waals surface area (Å²) in [5.41, 5.74) is 0.426. The van der Waals surface area contributed by atoms with E-state index < -0.39 is 5.82 Å². The molecule has 1 rings (SSSR count). The van der Waals surface area contributed by atoms with Crippen molar-refractivity contribution in [1.82, 2.24) is 5.32 Å². The molecule has 4 heteroatoms. The number of halogens is 3. The van der Waals surface area contributed by atoms with E-state index in [1.165, 1.54) is 12.1 Å². The lowest BCUT2D eigenvalue weighted by Crippen LogP contribution is -2.26. The van der Waals surface area contributed by atoms with Crippen LogP contribution in [0.3, 0.4) is 0 Å². The van der Waals surface area contributed by atoms with E-state index in [0.29, 0.717) is 11.5 Å². The van der Waals surface area contributed by atoms with Gasteiger partial charge in [0.05, 0.1) is 4.47 Å². The number of benzene rings is 1. The van der Waals surface area contributed by atoms with E-state index in [4.69, 9.17) is 0 Å². The summed E-state index contributed by atoms with van der Waals surface area (Å²) in [5.74, 6) is -0.441. The first-order valence-electron chi connectivity index (χ1n) is 6.86. The molecule has 0 saturated heterocycles. The lowest BCUT2D eigenvalue weighted by Gasteiger charge is -2.27. The zero-order valence-corrected chi connectivity index (χ0v) is 13.4. The number of hydrogen-bond acceptors (Lipinski definition) is 1.